The van der Waals surface area contributed by atoms with E-state index in [1.54, 1.807) is 18.6 Å². The van der Waals surface area contributed by atoms with Crippen molar-refractivity contribution in [3.8, 4) is 0 Å². The number of imidazole rings is 1. The molecule has 26 heavy (non-hydrogen) atoms. The minimum absolute atomic E-state index is 0.568. The molecule has 0 aliphatic carbocycles. The summed E-state index contributed by atoms with van der Waals surface area (Å²) < 4.78 is 2.10. The molecule has 1 N–H and O–H groups in total. The summed E-state index contributed by atoms with van der Waals surface area (Å²) in [6.07, 6.45) is 13.1. The van der Waals surface area contributed by atoms with Crippen molar-refractivity contribution < 1.29 is 0 Å². The number of hydrogen-bond acceptors (Lipinski definition) is 6. The van der Waals surface area contributed by atoms with Gasteiger partial charge in [-0.1, -0.05) is 0 Å². The molecule has 0 radical (unpaired) electrons. The number of pyridine rings is 1. The van der Waals surface area contributed by atoms with Crippen LogP contribution in [0.15, 0.2) is 49.3 Å². The van der Waals surface area contributed by atoms with Crippen LogP contribution in [-0.2, 0) is 13.6 Å². The number of hydrogen-bond donors (Lipinski definition) is 1. The molecule has 4 heterocycles. The van der Waals surface area contributed by atoms with Crippen LogP contribution in [-0.4, -0.2) is 42.5 Å². The second kappa shape index (κ2) is 7.61. The van der Waals surface area contributed by atoms with Crippen molar-refractivity contribution in [2.75, 3.05) is 18.4 Å². The molecular weight excluding hydrogens is 326 g/mol. The third kappa shape index (κ3) is 3.88. The Balaban J connectivity index is 1.37. The van der Waals surface area contributed by atoms with Crippen molar-refractivity contribution in [3.63, 3.8) is 0 Å². The topological polar surface area (TPSA) is 71.8 Å². The summed E-state index contributed by atoms with van der Waals surface area (Å²) in [5.74, 6) is 3.22. The Bertz CT molecular complexity index is 838. The van der Waals surface area contributed by atoms with Gasteiger partial charge in [0.25, 0.3) is 0 Å². The fourth-order valence-electron chi connectivity index (χ4n) is 3.44. The average molecular weight is 349 g/mol. The van der Waals surface area contributed by atoms with Crippen LogP contribution in [0.5, 0.6) is 0 Å². The number of anilines is 2. The van der Waals surface area contributed by atoms with Crippen LogP contribution in [0.3, 0.4) is 0 Å². The van der Waals surface area contributed by atoms with Gasteiger partial charge in [-0.3, -0.25) is 9.88 Å². The highest BCUT2D eigenvalue weighted by atomic mass is 15.2. The molecule has 1 aliphatic rings. The Morgan fingerprint density at radius 3 is 2.62 bits per heavy atom. The Morgan fingerprint density at radius 2 is 1.88 bits per heavy atom. The summed E-state index contributed by atoms with van der Waals surface area (Å²) in [6, 6.07) is 4.26. The van der Waals surface area contributed by atoms with Gasteiger partial charge >= 0.3 is 0 Å². The monoisotopic (exact) mass is 349 g/mol. The van der Waals surface area contributed by atoms with E-state index >= 15 is 0 Å². The molecule has 0 saturated carbocycles. The first-order valence-corrected chi connectivity index (χ1v) is 8.95. The van der Waals surface area contributed by atoms with E-state index in [4.69, 9.17) is 0 Å². The van der Waals surface area contributed by atoms with Gasteiger partial charge in [-0.05, 0) is 49.5 Å². The normalized spacial score (nSPS) is 15.9. The Kier molecular flexibility index (Phi) is 4.88. The van der Waals surface area contributed by atoms with Gasteiger partial charge in [-0.2, -0.15) is 0 Å². The van der Waals surface area contributed by atoms with Crippen molar-refractivity contribution in [2.24, 2.45) is 7.05 Å². The molecule has 0 unspecified atom stereocenters. The van der Waals surface area contributed by atoms with Crippen LogP contribution in [0.25, 0.3) is 0 Å². The molecular formula is C19H23N7. The molecule has 0 aromatic carbocycles. The van der Waals surface area contributed by atoms with Crippen molar-refractivity contribution >= 4 is 11.6 Å². The quantitative estimate of drug-likeness (QED) is 0.764. The van der Waals surface area contributed by atoms with Gasteiger partial charge in [0.05, 0.1) is 12.7 Å². The van der Waals surface area contributed by atoms with Gasteiger partial charge in [0.2, 0.25) is 0 Å². The summed E-state index contributed by atoms with van der Waals surface area (Å²) in [6.45, 7) is 3.10. The number of rotatable bonds is 5. The van der Waals surface area contributed by atoms with Crippen LogP contribution in [0, 0.1) is 0 Å². The molecule has 0 amide bonds. The highest BCUT2D eigenvalue weighted by molar-refractivity contribution is 5.51. The smallest absolute Gasteiger partial charge is 0.150 e. The molecule has 0 spiro atoms. The fourth-order valence-corrected chi connectivity index (χ4v) is 3.44. The zero-order valence-electron chi connectivity index (χ0n) is 14.9. The first-order valence-electron chi connectivity index (χ1n) is 8.95. The largest absolute Gasteiger partial charge is 0.337 e. The molecule has 3 aromatic heterocycles. The second-order valence-corrected chi connectivity index (χ2v) is 6.69. The average Bonchev–Trinajstić information content (AvgIpc) is 3.08. The van der Waals surface area contributed by atoms with Gasteiger partial charge in [0.1, 0.15) is 17.5 Å². The van der Waals surface area contributed by atoms with Crippen molar-refractivity contribution in [3.05, 3.63) is 60.7 Å². The maximum Gasteiger partial charge on any atom is 0.150 e. The van der Waals surface area contributed by atoms with E-state index in [1.807, 2.05) is 18.6 Å². The molecule has 1 fully saturated rings. The van der Waals surface area contributed by atoms with E-state index < -0.39 is 0 Å². The first kappa shape index (κ1) is 16.7. The number of aromatic nitrogens is 5. The van der Waals surface area contributed by atoms with Gasteiger partial charge in [0.15, 0.2) is 0 Å². The van der Waals surface area contributed by atoms with E-state index in [1.165, 1.54) is 5.56 Å². The van der Waals surface area contributed by atoms with E-state index in [0.29, 0.717) is 11.7 Å². The maximum absolute atomic E-state index is 4.43. The van der Waals surface area contributed by atoms with E-state index in [2.05, 4.69) is 53.9 Å². The van der Waals surface area contributed by atoms with Crippen molar-refractivity contribution in [1.82, 2.24) is 29.4 Å². The molecule has 4 rings (SSSR count). The number of nitrogens with zero attached hydrogens (tertiary/aromatic N) is 6. The zero-order chi connectivity index (χ0) is 17.8. The Morgan fingerprint density at radius 1 is 1.04 bits per heavy atom. The van der Waals surface area contributed by atoms with Crippen molar-refractivity contribution in [2.45, 2.75) is 25.3 Å². The zero-order valence-corrected chi connectivity index (χ0v) is 14.9. The van der Waals surface area contributed by atoms with Crippen LogP contribution < -0.4 is 5.32 Å². The number of likely N-dealkylation sites (tertiary alicyclic amines) is 1. The lowest BCUT2D eigenvalue weighted by molar-refractivity contribution is 0.198. The summed E-state index contributed by atoms with van der Waals surface area (Å²) >= 11 is 0. The molecule has 1 saturated heterocycles. The Labute approximate surface area is 153 Å². The van der Waals surface area contributed by atoms with Gasteiger partial charge in [-0.15, -0.1) is 0 Å². The van der Waals surface area contributed by atoms with Crippen LogP contribution in [0.4, 0.5) is 11.6 Å². The first-order chi connectivity index (χ1) is 12.8. The number of aryl methyl sites for hydroxylation is 1. The lowest BCUT2D eigenvalue weighted by Gasteiger charge is -2.32. The predicted octanol–water partition coefficient (Wildman–Crippen LogP) is 2.73. The van der Waals surface area contributed by atoms with Gasteiger partial charge in [0, 0.05) is 38.0 Å². The van der Waals surface area contributed by atoms with Crippen LogP contribution >= 0.6 is 0 Å². The minimum Gasteiger partial charge on any atom is -0.337 e. The SMILES string of the molecule is Cn1ccnc1CN1CCC(c2ccnc(Nc3cnccn3)c2)CC1. The lowest BCUT2D eigenvalue weighted by Crippen LogP contribution is -2.33. The van der Waals surface area contributed by atoms with E-state index in [0.717, 1.165) is 44.1 Å². The number of piperidine rings is 1. The van der Waals surface area contributed by atoms with Crippen LogP contribution in [0.2, 0.25) is 0 Å². The summed E-state index contributed by atoms with van der Waals surface area (Å²) in [4.78, 5) is 19.6. The highest BCUT2D eigenvalue weighted by Gasteiger charge is 2.21. The molecule has 7 heteroatoms. The summed E-state index contributed by atoms with van der Waals surface area (Å²) in [5, 5.41) is 3.22. The third-order valence-corrected chi connectivity index (χ3v) is 4.95. The highest BCUT2D eigenvalue weighted by Crippen LogP contribution is 2.29. The summed E-state index contributed by atoms with van der Waals surface area (Å²) in [7, 11) is 2.05. The third-order valence-electron chi connectivity index (χ3n) is 4.95. The molecule has 3 aromatic rings. The van der Waals surface area contributed by atoms with Crippen LogP contribution in [0.1, 0.15) is 30.1 Å². The number of nitrogens with one attached hydrogen (secondary N) is 1. The molecule has 0 atom stereocenters. The van der Waals surface area contributed by atoms with Gasteiger partial charge in [-0.25, -0.2) is 15.0 Å². The fraction of sp³-hybridized carbons (Fsp3) is 0.368. The predicted molar refractivity (Wildman–Crippen MR) is 100 cm³/mol. The lowest BCUT2D eigenvalue weighted by atomic mass is 9.90. The molecule has 134 valence electrons. The minimum atomic E-state index is 0.568. The molecule has 0 bridgehead atoms. The molecule has 1 aliphatic heterocycles. The second-order valence-electron chi connectivity index (χ2n) is 6.69. The summed E-state index contributed by atoms with van der Waals surface area (Å²) in [5.41, 5.74) is 1.34. The Hall–Kier alpha value is -2.80. The maximum atomic E-state index is 4.43. The van der Waals surface area contributed by atoms with E-state index in [-0.39, 0.29) is 0 Å². The molecule has 7 nitrogen and oxygen atoms in total. The van der Waals surface area contributed by atoms with E-state index in [9.17, 15) is 0 Å². The standard InChI is InChI=1S/C19H23N7/c1-25-11-8-23-19(25)14-26-9-3-15(4-10-26)16-2-5-21-17(12-16)24-18-13-20-6-7-22-18/h2,5-8,11-13,15H,3-4,9-10,14H2,1H3,(H,21,22,24). The van der Waals surface area contributed by atoms with Crippen molar-refractivity contribution in [1.29, 1.82) is 0 Å². The van der Waals surface area contributed by atoms with Gasteiger partial charge < -0.3 is 9.88 Å².